The number of benzene rings is 2. The molecule has 0 atom stereocenters. The monoisotopic (exact) mass is 277 g/mol. The molecule has 1 heterocycles. The van der Waals surface area contributed by atoms with Crippen molar-refractivity contribution in [1.29, 1.82) is 0 Å². The van der Waals surface area contributed by atoms with Crippen LogP contribution in [-0.2, 0) is 0 Å². The molecule has 3 aromatic rings. The van der Waals surface area contributed by atoms with Crippen molar-refractivity contribution in [1.82, 2.24) is 10.2 Å². The molecular formula is C13H9Cl2N3. The molecule has 3 N–H and O–H groups in total. The normalized spacial score (nSPS) is 11.0. The third-order valence-electron chi connectivity index (χ3n) is 2.76. The number of hydrogen-bond donors (Lipinski definition) is 2. The Morgan fingerprint density at radius 1 is 1.06 bits per heavy atom. The number of nitrogens with two attached hydrogens (primary N) is 1. The van der Waals surface area contributed by atoms with Gasteiger partial charge in [0.05, 0.1) is 10.9 Å². The Hall–Kier alpha value is -1.71. The van der Waals surface area contributed by atoms with Gasteiger partial charge in [0, 0.05) is 21.3 Å². The van der Waals surface area contributed by atoms with Crippen LogP contribution >= 0.6 is 23.2 Å². The maximum atomic E-state index is 6.00. The molecular weight excluding hydrogens is 269 g/mol. The number of aromatic amines is 1. The van der Waals surface area contributed by atoms with Crippen LogP contribution < -0.4 is 5.73 Å². The molecule has 0 radical (unpaired) electrons. The number of nitrogens with one attached hydrogen (secondary N) is 1. The van der Waals surface area contributed by atoms with Crippen molar-refractivity contribution in [2.24, 2.45) is 0 Å². The van der Waals surface area contributed by atoms with Crippen LogP contribution in [0.1, 0.15) is 0 Å². The summed E-state index contributed by atoms with van der Waals surface area (Å²) >= 11 is 12.0. The second-order valence-corrected chi connectivity index (χ2v) is 4.87. The van der Waals surface area contributed by atoms with Gasteiger partial charge in [-0.1, -0.05) is 29.3 Å². The molecule has 0 aliphatic heterocycles. The Bertz CT molecular complexity index is 714. The third kappa shape index (κ3) is 1.82. The standard InChI is InChI=1S/C13H9Cl2N3/c14-8-4-7(5-9(15)6-8)13-12-10(16)2-1-3-11(12)17-18-13/h1-6H,16H2,(H,17,18). The summed E-state index contributed by atoms with van der Waals surface area (Å²) in [5.74, 6) is 0. The first-order valence-electron chi connectivity index (χ1n) is 5.34. The maximum absolute atomic E-state index is 6.00. The van der Waals surface area contributed by atoms with Crippen LogP contribution in [0.5, 0.6) is 0 Å². The Balaban J connectivity index is 2.31. The van der Waals surface area contributed by atoms with Gasteiger partial charge < -0.3 is 5.73 Å². The summed E-state index contributed by atoms with van der Waals surface area (Å²) in [6.07, 6.45) is 0. The van der Waals surface area contributed by atoms with E-state index in [-0.39, 0.29) is 0 Å². The highest BCUT2D eigenvalue weighted by Crippen LogP contribution is 2.33. The molecule has 18 heavy (non-hydrogen) atoms. The second-order valence-electron chi connectivity index (χ2n) is 4.00. The van der Waals surface area contributed by atoms with Crippen LogP contribution in [0.15, 0.2) is 36.4 Å². The number of halogens is 2. The molecule has 90 valence electrons. The summed E-state index contributed by atoms with van der Waals surface area (Å²) in [5.41, 5.74) is 9.15. The van der Waals surface area contributed by atoms with Crippen molar-refractivity contribution in [3.8, 4) is 11.3 Å². The second kappa shape index (κ2) is 4.19. The van der Waals surface area contributed by atoms with Crippen molar-refractivity contribution in [2.45, 2.75) is 0 Å². The van der Waals surface area contributed by atoms with Gasteiger partial charge in [0.1, 0.15) is 5.69 Å². The first-order valence-corrected chi connectivity index (χ1v) is 6.10. The highest BCUT2D eigenvalue weighted by molar-refractivity contribution is 6.35. The number of H-pyrrole nitrogens is 1. The summed E-state index contributed by atoms with van der Waals surface area (Å²) in [6.45, 7) is 0. The van der Waals surface area contributed by atoms with Crippen LogP contribution in [0.4, 0.5) is 5.69 Å². The van der Waals surface area contributed by atoms with Gasteiger partial charge in [-0.2, -0.15) is 5.10 Å². The fraction of sp³-hybridized carbons (Fsp3) is 0. The minimum Gasteiger partial charge on any atom is -0.398 e. The number of nitrogens with zero attached hydrogens (tertiary/aromatic N) is 1. The van der Waals surface area contributed by atoms with Crippen LogP contribution in [0, 0.1) is 0 Å². The number of anilines is 1. The summed E-state index contributed by atoms with van der Waals surface area (Å²) < 4.78 is 0. The lowest BCUT2D eigenvalue weighted by molar-refractivity contribution is 1.12. The van der Waals surface area contributed by atoms with Crippen molar-refractivity contribution < 1.29 is 0 Å². The van der Waals surface area contributed by atoms with Gasteiger partial charge in [0.25, 0.3) is 0 Å². The van der Waals surface area contributed by atoms with Gasteiger partial charge in [-0.15, -0.1) is 0 Å². The summed E-state index contributed by atoms with van der Waals surface area (Å²) in [5, 5.41) is 9.27. The van der Waals surface area contributed by atoms with E-state index in [2.05, 4.69) is 10.2 Å². The topological polar surface area (TPSA) is 54.7 Å². The molecule has 3 nitrogen and oxygen atoms in total. The number of hydrogen-bond acceptors (Lipinski definition) is 2. The number of aromatic nitrogens is 2. The fourth-order valence-corrected chi connectivity index (χ4v) is 2.53. The van der Waals surface area contributed by atoms with Gasteiger partial charge in [-0.25, -0.2) is 0 Å². The van der Waals surface area contributed by atoms with E-state index >= 15 is 0 Å². The molecule has 0 saturated carbocycles. The van der Waals surface area contributed by atoms with E-state index in [0.29, 0.717) is 15.7 Å². The molecule has 0 amide bonds. The van der Waals surface area contributed by atoms with Gasteiger partial charge in [0.2, 0.25) is 0 Å². The molecule has 0 aliphatic rings. The lowest BCUT2D eigenvalue weighted by Crippen LogP contribution is -1.87. The first-order chi connectivity index (χ1) is 8.65. The highest BCUT2D eigenvalue weighted by atomic mass is 35.5. The number of rotatable bonds is 1. The van der Waals surface area contributed by atoms with E-state index in [0.717, 1.165) is 22.2 Å². The lowest BCUT2D eigenvalue weighted by atomic mass is 10.1. The van der Waals surface area contributed by atoms with Crippen LogP contribution in [0.2, 0.25) is 10.0 Å². The summed E-state index contributed by atoms with van der Waals surface area (Å²) in [7, 11) is 0. The minimum atomic E-state index is 0.572. The fourth-order valence-electron chi connectivity index (χ4n) is 2.00. The van der Waals surface area contributed by atoms with E-state index in [4.69, 9.17) is 28.9 Å². The quantitative estimate of drug-likeness (QED) is 0.658. The maximum Gasteiger partial charge on any atom is 0.102 e. The predicted octanol–water partition coefficient (Wildman–Crippen LogP) is 4.12. The largest absolute Gasteiger partial charge is 0.398 e. The molecule has 0 unspecified atom stereocenters. The van der Waals surface area contributed by atoms with Gasteiger partial charge >= 0.3 is 0 Å². The molecule has 0 spiro atoms. The highest BCUT2D eigenvalue weighted by Gasteiger charge is 2.11. The zero-order valence-electron chi connectivity index (χ0n) is 9.24. The third-order valence-corrected chi connectivity index (χ3v) is 3.19. The van der Waals surface area contributed by atoms with Crippen LogP contribution in [0.25, 0.3) is 22.2 Å². The van der Waals surface area contributed by atoms with Gasteiger partial charge in [0.15, 0.2) is 0 Å². The summed E-state index contributed by atoms with van der Waals surface area (Å²) in [6, 6.07) is 11.0. The molecule has 0 saturated heterocycles. The SMILES string of the molecule is Nc1cccc2[nH]nc(-c3cc(Cl)cc(Cl)c3)c12. The Morgan fingerprint density at radius 3 is 2.50 bits per heavy atom. The van der Waals surface area contributed by atoms with E-state index in [1.54, 1.807) is 6.07 Å². The predicted molar refractivity (Wildman–Crippen MR) is 76.0 cm³/mol. The molecule has 1 aromatic heterocycles. The van der Waals surface area contributed by atoms with Gasteiger partial charge in [-0.3, -0.25) is 5.10 Å². The van der Waals surface area contributed by atoms with Crippen molar-refractivity contribution in [3.63, 3.8) is 0 Å². The average Bonchev–Trinajstić information content (AvgIpc) is 2.73. The number of fused-ring (bicyclic) bond motifs is 1. The zero-order valence-corrected chi connectivity index (χ0v) is 10.8. The molecule has 5 heteroatoms. The Labute approximate surface area is 114 Å². The van der Waals surface area contributed by atoms with E-state index in [9.17, 15) is 0 Å². The molecule has 0 aliphatic carbocycles. The van der Waals surface area contributed by atoms with Gasteiger partial charge in [-0.05, 0) is 30.3 Å². The van der Waals surface area contributed by atoms with Crippen molar-refractivity contribution >= 4 is 39.8 Å². The van der Waals surface area contributed by atoms with E-state index < -0.39 is 0 Å². The molecule has 0 bridgehead atoms. The number of nitrogen functional groups attached to an aromatic ring is 1. The van der Waals surface area contributed by atoms with Crippen LogP contribution in [-0.4, -0.2) is 10.2 Å². The molecule has 0 fully saturated rings. The van der Waals surface area contributed by atoms with E-state index in [1.165, 1.54) is 0 Å². The van der Waals surface area contributed by atoms with Crippen molar-refractivity contribution in [2.75, 3.05) is 5.73 Å². The Morgan fingerprint density at radius 2 is 1.78 bits per heavy atom. The average molecular weight is 278 g/mol. The minimum absolute atomic E-state index is 0.572. The lowest BCUT2D eigenvalue weighted by Gasteiger charge is -2.02. The van der Waals surface area contributed by atoms with E-state index in [1.807, 2.05) is 30.3 Å². The van der Waals surface area contributed by atoms with Crippen LogP contribution in [0.3, 0.4) is 0 Å². The Kier molecular flexibility index (Phi) is 2.65. The van der Waals surface area contributed by atoms with Crippen molar-refractivity contribution in [3.05, 3.63) is 46.4 Å². The molecule has 2 aromatic carbocycles. The summed E-state index contributed by atoms with van der Waals surface area (Å²) in [4.78, 5) is 0. The molecule has 3 rings (SSSR count). The first kappa shape index (κ1) is 11.4. The zero-order chi connectivity index (χ0) is 12.7. The smallest absolute Gasteiger partial charge is 0.102 e.